The van der Waals surface area contributed by atoms with Crippen LogP contribution in [0.2, 0.25) is 0 Å². The summed E-state index contributed by atoms with van der Waals surface area (Å²) in [6, 6.07) is 0.0115. The van der Waals surface area contributed by atoms with Crippen molar-refractivity contribution in [3.05, 3.63) is 42.2 Å². The molecule has 0 unspecified atom stereocenters. The predicted molar refractivity (Wildman–Crippen MR) is 90.8 cm³/mol. The second-order valence-electron chi connectivity index (χ2n) is 6.99. The van der Waals surface area contributed by atoms with Crippen molar-refractivity contribution in [2.75, 3.05) is 13.2 Å². The van der Waals surface area contributed by atoms with Gasteiger partial charge in [0.05, 0.1) is 24.5 Å². The van der Waals surface area contributed by atoms with E-state index in [1.54, 1.807) is 17.1 Å². The molecule has 3 heterocycles. The van der Waals surface area contributed by atoms with Crippen LogP contribution in [0.3, 0.4) is 0 Å². The highest BCUT2D eigenvalue weighted by molar-refractivity contribution is 5.92. The lowest BCUT2D eigenvalue weighted by Gasteiger charge is -2.27. The average Bonchev–Trinajstić information content (AvgIpc) is 3.25. The van der Waals surface area contributed by atoms with Crippen molar-refractivity contribution in [3.8, 4) is 0 Å². The minimum atomic E-state index is -0.0699. The molecule has 2 fully saturated rings. The van der Waals surface area contributed by atoms with Crippen LogP contribution in [-0.2, 0) is 18.2 Å². The van der Waals surface area contributed by atoms with Crippen molar-refractivity contribution in [2.45, 2.75) is 37.8 Å². The Bertz CT molecular complexity index is 728. The molecule has 4 rings (SSSR count). The topological polar surface area (TPSA) is 73.1 Å². The molecule has 7 heteroatoms. The van der Waals surface area contributed by atoms with Crippen LogP contribution in [-0.4, -0.2) is 55.9 Å². The Hall–Kier alpha value is -2.28. The summed E-state index contributed by atoms with van der Waals surface area (Å²) in [7, 11) is 1.90. The number of ether oxygens (including phenoxy) is 1. The smallest absolute Gasteiger partial charge is 0.274 e. The summed E-state index contributed by atoms with van der Waals surface area (Å²) in [5.41, 5.74) is 1.51. The van der Waals surface area contributed by atoms with E-state index in [0.717, 1.165) is 25.0 Å². The van der Waals surface area contributed by atoms with Gasteiger partial charge in [-0.1, -0.05) is 0 Å². The fourth-order valence-electron chi connectivity index (χ4n) is 3.43. The van der Waals surface area contributed by atoms with Crippen molar-refractivity contribution in [1.29, 1.82) is 0 Å². The van der Waals surface area contributed by atoms with Crippen molar-refractivity contribution in [2.24, 2.45) is 13.0 Å². The van der Waals surface area contributed by atoms with Crippen LogP contribution >= 0.6 is 0 Å². The van der Waals surface area contributed by atoms with Crippen LogP contribution in [0, 0.1) is 5.92 Å². The van der Waals surface area contributed by atoms with Crippen LogP contribution in [0.25, 0.3) is 0 Å². The van der Waals surface area contributed by atoms with Gasteiger partial charge in [0.2, 0.25) is 0 Å². The third-order valence-corrected chi connectivity index (χ3v) is 4.97. The maximum Gasteiger partial charge on any atom is 0.274 e. The van der Waals surface area contributed by atoms with Gasteiger partial charge in [-0.25, -0.2) is 4.98 Å². The lowest BCUT2D eigenvalue weighted by Crippen LogP contribution is -2.42. The summed E-state index contributed by atoms with van der Waals surface area (Å²) < 4.78 is 7.97. The third kappa shape index (κ3) is 3.71. The van der Waals surface area contributed by atoms with Gasteiger partial charge < -0.3 is 9.64 Å². The Morgan fingerprint density at radius 1 is 1.28 bits per heavy atom. The number of hydrogen-bond acceptors (Lipinski definition) is 5. The largest absolute Gasteiger partial charge is 0.376 e. The Labute approximate surface area is 147 Å². The predicted octanol–water partition coefficient (Wildman–Crippen LogP) is 1.46. The maximum absolute atomic E-state index is 12.9. The number of amides is 1. The molecule has 1 saturated heterocycles. The second kappa shape index (κ2) is 6.92. The molecule has 0 spiro atoms. The van der Waals surface area contributed by atoms with E-state index < -0.39 is 0 Å². The molecule has 2 aromatic heterocycles. The molecule has 2 aliphatic rings. The van der Waals surface area contributed by atoms with E-state index in [0.29, 0.717) is 18.2 Å². The van der Waals surface area contributed by atoms with Crippen LogP contribution in [0.15, 0.2) is 31.0 Å². The normalized spacial score (nSPS) is 23.2. The molecule has 0 radical (unpaired) electrons. The Morgan fingerprint density at radius 3 is 2.84 bits per heavy atom. The number of aromatic nitrogens is 4. The fourth-order valence-corrected chi connectivity index (χ4v) is 3.43. The molecule has 1 aliphatic heterocycles. The Morgan fingerprint density at radius 2 is 2.16 bits per heavy atom. The number of hydrogen-bond donors (Lipinski definition) is 0. The van der Waals surface area contributed by atoms with Gasteiger partial charge in [-0.15, -0.1) is 0 Å². The molecular formula is C18H23N5O2. The van der Waals surface area contributed by atoms with E-state index in [9.17, 15) is 4.79 Å². The maximum atomic E-state index is 12.9. The van der Waals surface area contributed by atoms with E-state index in [-0.39, 0.29) is 18.1 Å². The monoisotopic (exact) mass is 341 g/mol. The molecule has 1 amide bonds. The quantitative estimate of drug-likeness (QED) is 0.795. The molecule has 0 bridgehead atoms. The van der Waals surface area contributed by atoms with Crippen LogP contribution in [0.4, 0.5) is 0 Å². The van der Waals surface area contributed by atoms with Gasteiger partial charge in [-0.05, 0) is 37.2 Å². The first-order chi connectivity index (χ1) is 12.2. The van der Waals surface area contributed by atoms with Gasteiger partial charge in [-0.2, -0.15) is 5.10 Å². The van der Waals surface area contributed by atoms with Crippen LogP contribution in [0.1, 0.15) is 35.3 Å². The summed E-state index contributed by atoms with van der Waals surface area (Å²) in [5.74, 6) is 0.642. The first kappa shape index (κ1) is 16.2. The molecule has 2 aromatic rings. The van der Waals surface area contributed by atoms with Crippen molar-refractivity contribution >= 4 is 5.91 Å². The zero-order valence-electron chi connectivity index (χ0n) is 14.4. The minimum Gasteiger partial charge on any atom is -0.376 e. The second-order valence-corrected chi connectivity index (χ2v) is 6.99. The Balaban J connectivity index is 1.52. The molecule has 25 heavy (non-hydrogen) atoms. The number of nitrogens with zero attached hydrogens (tertiary/aromatic N) is 5. The number of likely N-dealkylation sites (tertiary alicyclic amines) is 1. The van der Waals surface area contributed by atoms with Crippen LogP contribution in [0.5, 0.6) is 0 Å². The van der Waals surface area contributed by atoms with Crippen LogP contribution < -0.4 is 0 Å². The van der Waals surface area contributed by atoms with Crippen molar-refractivity contribution in [3.63, 3.8) is 0 Å². The number of rotatable bonds is 6. The zero-order chi connectivity index (χ0) is 17.2. The van der Waals surface area contributed by atoms with Gasteiger partial charge >= 0.3 is 0 Å². The SMILES string of the molecule is Cn1cc(C[C@H]2[C@@H](OCC3CC3)CCN2C(=O)c2cnccn2)cn1. The number of carbonyl (C=O) groups excluding carboxylic acids is 1. The molecule has 0 aromatic carbocycles. The molecule has 2 atom stereocenters. The molecular weight excluding hydrogens is 318 g/mol. The summed E-state index contributed by atoms with van der Waals surface area (Å²) in [6.45, 7) is 1.50. The van der Waals surface area contributed by atoms with Gasteiger partial charge in [0.15, 0.2) is 0 Å². The minimum absolute atomic E-state index is 0.0115. The standard InChI is InChI=1S/C18H23N5O2/c1-22-11-14(9-21-22)8-16-17(25-12-13-2-3-13)4-7-23(16)18(24)15-10-19-5-6-20-15/h5-6,9-11,13,16-17H,2-4,7-8,12H2,1H3/t16-,17-/m0/s1. The lowest BCUT2D eigenvalue weighted by molar-refractivity contribution is 0.0198. The lowest BCUT2D eigenvalue weighted by atomic mass is 10.0. The molecule has 0 N–H and O–H groups in total. The number of carbonyl (C=O) groups is 1. The van der Waals surface area contributed by atoms with Gasteiger partial charge in [0, 0.05) is 38.8 Å². The summed E-state index contributed by atoms with van der Waals surface area (Å²) in [5, 5.41) is 4.25. The van der Waals surface area contributed by atoms with Gasteiger partial charge in [-0.3, -0.25) is 14.5 Å². The first-order valence-corrected chi connectivity index (χ1v) is 8.87. The first-order valence-electron chi connectivity index (χ1n) is 8.87. The van der Waals surface area contributed by atoms with Gasteiger partial charge in [0.1, 0.15) is 5.69 Å². The van der Waals surface area contributed by atoms with E-state index in [1.807, 2.05) is 24.3 Å². The van der Waals surface area contributed by atoms with Gasteiger partial charge in [0.25, 0.3) is 5.91 Å². The summed E-state index contributed by atoms with van der Waals surface area (Å²) in [6.07, 6.45) is 12.7. The Kier molecular flexibility index (Phi) is 4.48. The van der Waals surface area contributed by atoms with Crippen molar-refractivity contribution < 1.29 is 9.53 Å². The van der Waals surface area contributed by atoms with E-state index >= 15 is 0 Å². The highest BCUT2D eigenvalue weighted by Gasteiger charge is 2.39. The molecule has 1 aliphatic carbocycles. The third-order valence-electron chi connectivity index (χ3n) is 4.97. The zero-order valence-corrected chi connectivity index (χ0v) is 14.4. The summed E-state index contributed by atoms with van der Waals surface area (Å²) in [4.78, 5) is 23.0. The molecule has 1 saturated carbocycles. The van der Waals surface area contributed by atoms with E-state index in [2.05, 4.69) is 15.1 Å². The van der Waals surface area contributed by atoms with E-state index in [4.69, 9.17) is 4.74 Å². The molecule has 7 nitrogen and oxygen atoms in total. The highest BCUT2D eigenvalue weighted by atomic mass is 16.5. The summed E-state index contributed by atoms with van der Waals surface area (Å²) >= 11 is 0. The molecule has 132 valence electrons. The fraction of sp³-hybridized carbons (Fsp3) is 0.556. The van der Waals surface area contributed by atoms with Crippen molar-refractivity contribution in [1.82, 2.24) is 24.6 Å². The average molecular weight is 341 g/mol. The van der Waals surface area contributed by atoms with E-state index in [1.165, 1.54) is 19.0 Å². The number of aryl methyl sites for hydroxylation is 1. The highest BCUT2D eigenvalue weighted by Crippen LogP contribution is 2.32.